The molecule has 0 amide bonds. The van der Waals surface area contributed by atoms with Crippen molar-refractivity contribution >= 4 is 5.69 Å². The lowest BCUT2D eigenvalue weighted by Gasteiger charge is -2.40. The highest BCUT2D eigenvalue weighted by Gasteiger charge is 2.43. The van der Waals surface area contributed by atoms with Crippen LogP contribution in [0.3, 0.4) is 0 Å². The van der Waals surface area contributed by atoms with E-state index < -0.39 is 43.1 Å². The molecule has 0 aromatic heterocycles. The Balaban J connectivity index is 2.08. The van der Waals surface area contributed by atoms with Gasteiger partial charge in [-0.1, -0.05) is 0 Å². The first kappa shape index (κ1) is 14.2. The molecule has 1 fully saturated rings. The van der Waals surface area contributed by atoms with E-state index in [1.54, 1.807) is 0 Å². The quantitative estimate of drug-likeness (QED) is 0.486. The number of aliphatic hydroxyl groups excluding tert-OH is 4. The smallest absolute Gasteiger partial charge is 0.157 e. The SMILES string of the molecule is OC[C@H]1OC(Nc2ccc(F)cc2)[C@H](O)[C@@H](O)[C@@H]1O. The van der Waals surface area contributed by atoms with Gasteiger partial charge in [-0.05, 0) is 24.3 Å². The van der Waals surface area contributed by atoms with Gasteiger partial charge in [0.05, 0.1) is 6.61 Å². The molecule has 5 N–H and O–H groups in total. The highest BCUT2D eigenvalue weighted by molar-refractivity contribution is 5.43. The Kier molecular flexibility index (Phi) is 4.33. The lowest BCUT2D eigenvalue weighted by Crippen LogP contribution is -2.60. The van der Waals surface area contributed by atoms with Crippen molar-refractivity contribution in [2.45, 2.75) is 30.6 Å². The van der Waals surface area contributed by atoms with Crippen molar-refractivity contribution in [2.24, 2.45) is 0 Å². The fourth-order valence-corrected chi connectivity index (χ4v) is 1.93. The van der Waals surface area contributed by atoms with Gasteiger partial charge in [0.2, 0.25) is 0 Å². The van der Waals surface area contributed by atoms with Crippen molar-refractivity contribution in [1.82, 2.24) is 0 Å². The third-order valence-electron chi connectivity index (χ3n) is 3.05. The van der Waals surface area contributed by atoms with E-state index in [-0.39, 0.29) is 0 Å². The normalized spacial score (nSPS) is 35.1. The molecule has 5 atom stereocenters. The fraction of sp³-hybridized carbons (Fsp3) is 0.500. The van der Waals surface area contributed by atoms with Gasteiger partial charge >= 0.3 is 0 Å². The third kappa shape index (κ3) is 3.02. The summed E-state index contributed by atoms with van der Waals surface area (Å²) in [7, 11) is 0. The van der Waals surface area contributed by atoms with E-state index in [0.29, 0.717) is 5.69 Å². The molecule has 7 heteroatoms. The number of hydrogen-bond acceptors (Lipinski definition) is 6. The van der Waals surface area contributed by atoms with Crippen LogP contribution >= 0.6 is 0 Å². The highest BCUT2D eigenvalue weighted by Crippen LogP contribution is 2.22. The maximum Gasteiger partial charge on any atom is 0.157 e. The predicted molar refractivity (Wildman–Crippen MR) is 63.8 cm³/mol. The number of halogens is 1. The fourth-order valence-electron chi connectivity index (χ4n) is 1.93. The average Bonchev–Trinajstić information content (AvgIpc) is 2.42. The highest BCUT2D eigenvalue weighted by atomic mass is 19.1. The molecule has 19 heavy (non-hydrogen) atoms. The zero-order chi connectivity index (χ0) is 14.0. The summed E-state index contributed by atoms with van der Waals surface area (Å²) >= 11 is 0. The lowest BCUT2D eigenvalue weighted by atomic mass is 9.98. The maximum absolute atomic E-state index is 12.8. The molecule has 0 aliphatic carbocycles. The number of ether oxygens (including phenoxy) is 1. The Morgan fingerprint density at radius 1 is 1.05 bits per heavy atom. The largest absolute Gasteiger partial charge is 0.394 e. The Hall–Kier alpha value is -1.25. The van der Waals surface area contributed by atoms with Gasteiger partial charge in [-0.25, -0.2) is 4.39 Å². The van der Waals surface area contributed by atoms with Crippen LogP contribution in [0.1, 0.15) is 0 Å². The molecule has 2 rings (SSSR count). The molecule has 1 aliphatic rings. The minimum absolute atomic E-state index is 0.403. The Labute approximate surface area is 109 Å². The van der Waals surface area contributed by atoms with Gasteiger partial charge in [0.15, 0.2) is 6.23 Å². The van der Waals surface area contributed by atoms with Crippen LogP contribution in [0.2, 0.25) is 0 Å². The van der Waals surface area contributed by atoms with Crippen molar-refractivity contribution < 1.29 is 29.6 Å². The zero-order valence-electron chi connectivity index (χ0n) is 9.98. The molecule has 1 aromatic carbocycles. The zero-order valence-corrected chi connectivity index (χ0v) is 9.98. The summed E-state index contributed by atoms with van der Waals surface area (Å²) in [5, 5.41) is 40.8. The van der Waals surface area contributed by atoms with Gasteiger partial charge < -0.3 is 30.5 Å². The molecule has 1 aromatic rings. The molecule has 6 nitrogen and oxygen atoms in total. The van der Waals surface area contributed by atoms with Crippen molar-refractivity contribution in [3.8, 4) is 0 Å². The van der Waals surface area contributed by atoms with E-state index in [9.17, 15) is 19.7 Å². The number of anilines is 1. The summed E-state index contributed by atoms with van der Waals surface area (Å²) in [6.45, 7) is -0.494. The van der Waals surface area contributed by atoms with Gasteiger partial charge in [-0.15, -0.1) is 0 Å². The number of nitrogens with one attached hydrogen (secondary N) is 1. The molecule has 1 unspecified atom stereocenters. The number of rotatable bonds is 3. The van der Waals surface area contributed by atoms with Gasteiger partial charge in [0.25, 0.3) is 0 Å². The van der Waals surface area contributed by atoms with E-state index in [1.165, 1.54) is 24.3 Å². The minimum Gasteiger partial charge on any atom is -0.394 e. The van der Waals surface area contributed by atoms with Crippen LogP contribution in [0.25, 0.3) is 0 Å². The van der Waals surface area contributed by atoms with Gasteiger partial charge in [-0.3, -0.25) is 0 Å². The first-order valence-corrected chi connectivity index (χ1v) is 5.85. The third-order valence-corrected chi connectivity index (χ3v) is 3.05. The minimum atomic E-state index is -1.44. The first-order chi connectivity index (χ1) is 9.02. The molecule has 0 saturated carbocycles. The van der Waals surface area contributed by atoms with Crippen LogP contribution in [0.5, 0.6) is 0 Å². The van der Waals surface area contributed by atoms with Crippen molar-refractivity contribution in [3.63, 3.8) is 0 Å². The molecular weight excluding hydrogens is 257 g/mol. The van der Waals surface area contributed by atoms with Gasteiger partial charge in [-0.2, -0.15) is 0 Å². The second-order valence-electron chi connectivity index (χ2n) is 4.40. The monoisotopic (exact) mass is 273 g/mol. The summed E-state index contributed by atoms with van der Waals surface area (Å²) in [5.41, 5.74) is 0.478. The Bertz CT molecular complexity index is 413. The molecule has 0 spiro atoms. The molecule has 0 bridgehead atoms. The van der Waals surface area contributed by atoms with Crippen molar-refractivity contribution in [3.05, 3.63) is 30.1 Å². The maximum atomic E-state index is 12.8. The summed E-state index contributed by atoms with van der Waals surface area (Å²) in [6, 6.07) is 5.34. The van der Waals surface area contributed by atoms with Crippen LogP contribution in [0.4, 0.5) is 10.1 Å². The van der Waals surface area contributed by atoms with E-state index in [2.05, 4.69) is 5.32 Å². The summed E-state index contributed by atoms with van der Waals surface area (Å²) in [5.74, 6) is -0.403. The standard InChI is InChI=1S/C12H16FNO5/c13-6-1-3-7(4-2-6)14-12-11(18)10(17)9(16)8(5-15)19-12/h1-4,8-12,14-18H,5H2/t8-,9-,10+,11-,12?/m1/s1. The van der Waals surface area contributed by atoms with Crippen LogP contribution < -0.4 is 5.32 Å². The molecular formula is C12H16FNO5. The van der Waals surface area contributed by atoms with Crippen LogP contribution in [0, 0.1) is 5.82 Å². The van der Waals surface area contributed by atoms with Crippen molar-refractivity contribution in [1.29, 1.82) is 0 Å². The Morgan fingerprint density at radius 3 is 2.26 bits per heavy atom. The van der Waals surface area contributed by atoms with Crippen LogP contribution in [-0.2, 0) is 4.74 Å². The number of hydrogen-bond donors (Lipinski definition) is 5. The first-order valence-electron chi connectivity index (χ1n) is 5.85. The van der Waals surface area contributed by atoms with Gasteiger partial charge in [0, 0.05) is 5.69 Å². The van der Waals surface area contributed by atoms with E-state index in [0.717, 1.165) is 0 Å². The summed E-state index contributed by atoms with van der Waals surface area (Å²) < 4.78 is 18.0. The van der Waals surface area contributed by atoms with Gasteiger partial charge in [0.1, 0.15) is 30.2 Å². The average molecular weight is 273 g/mol. The summed E-state index contributed by atoms with van der Waals surface area (Å²) in [4.78, 5) is 0. The second kappa shape index (κ2) is 5.81. The molecule has 1 aliphatic heterocycles. The molecule has 1 saturated heterocycles. The molecule has 1 heterocycles. The molecule has 106 valence electrons. The van der Waals surface area contributed by atoms with Crippen molar-refractivity contribution in [2.75, 3.05) is 11.9 Å². The lowest BCUT2D eigenvalue weighted by molar-refractivity contribution is -0.221. The van der Waals surface area contributed by atoms with Crippen LogP contribution in [-0.4, -0.2) is 57.7 Å². The van der Waals surface area contributed by atoms with E-state index >= 15 is 0 Å². The number of benzene rings is 1. The van der Waals surface area contributed by atoms with E-state index in [1.807, 2.05) is 0 Å². The van der Waals surface area contributed by atoms with E-state index in [4.69, 9.17) is 9.84 Å². The second-order valence-corrected chi connectivity index (χ2v) is 4.40. The Morgan fingerprint density at radius 2 is 1.68 bits per heavy atom. The van der Waals surface area contributed by atoms with Crippen LogP contribution in [0.15, 0.2) is 24.3 Å². The topological polar surface area (TPSA) is 102 Å². The summed E-state index contributed by atoms with van der Waals surface area (Å²) in [6.07, 6.45) is -6.20. The molecule has 0 radical (unpaired) electrons. The number of aliphatic hydroxyl groups is 4. The predicted octanol–water partition coefficient (Wildman–Crippen LogP) is -0.963.